The van der Waals surface area contributed by atoms with Crippen molar-refractivity contribution in [3.63, 3.8) is 0 Å². The lowest BCUT2D eigenvalue weighted by Crippen LogP contribution is -2.01. The van der Waals surface area contributed by atoms with Gasteiger partial charge >= 0.3 is 0 Å². The van der Waals surface area contributed by atoms with Gasteiger partial charge in [-0.05, 0) is 60.7 Å². The molecule has 0 bridgehead atoms. The van der Waals surface area contributed by atoms with Crippen LogP contribution in [0.2, 0.25) is 0 Å². The minimum Gasteiger partial charge on any atom is -0.308 e. The minimum atomic E-state index is 0.544. The summed E-state index contributed by atoms with van der Waals surface area (Å²) in [5.41, 5.74) is 13.5. The normalized spacial score (nSPS) is 11.8. The molecule has 0 saturated carbocycles. The summed E-state index contributed by atoms with van der Waals surface area (Å²) >= 11 is 0. The third-order valence-electron chi connectivity index (χ3n) is 12.6. The second-order valence-electron chi connectivity index (χ2n) is 16.0. The maximum absolute atomic E-state index is 11.3. The van der Waals surface area contributed by atoms with E-state index in [0.717, 1.165) is 99.4 Å². The van der Waals surface area contributed by atoms with E-state index in [1.165, 1.54) is 10.8 Å². The van der Waals surface area contributed by atoms with Gasteiger partial charge in [0, 0.05) is 60.2 Å². The largest absolute Gasteiger partial charge is 0.308 e. The van der Waals surface area contributed by atoms with E-state index in [9.17, 15) is 5.26 Å². The molecule has 0 N–H and O–H groups in total. The van der Waals surface area contributed by atoms with Crippen LogP contribution in [0, 0.1) is 11.3 Å². The Morgan fingerprint density at radius 3 is 1.37 bits per heavy atom. The Labute approximate surface area is 361 Å². The Balaban J connectivity index is 1.22. The van der Waals surface area contributed by atoms with Crippen molar-refractivity contribution in [3.05, 3.63) is 212 Å². The molecule has 0 unspecified atom stereocenters. The average Bonchev–Trinajstić information content (AvgIpc) is 4.00. The molecule has 0 saturated heterocycles. The number of para-hydroxylation sites is 6. The lowest BCUT2D eigenvalue weighted by molar-refractivity contribution is 1.16. The van der Waals surface area contributed by atoms with Crippen molar-refractivity contribution < 1.29 is 0 Å². The van der Waals surface area contributed by atoms with Crippen molar-refractivity contribution in [3.8, 4) is 45.8 Å². The summed E-state index contributed by atoms with van der Waals surface area (Å²) < 4.78 is 7.22. The number of rotatable bonds is 5. The fraction of sp³-hybridized carbons (Fsp3) is 0. The topological polar surface area (TPSA) is 64.4 Å². The van der Waals surface area contributed by atoms with E-state index in [4.69, 9.17) is 9.97 Å². The van der Waals surface area contributed by atoms with Crippen LogP contribution in [0.5, 0.6) is 0 Å². The molecule has 0 radical (unpaired) electrons. The fourth-order valence-corrected chi connectivity index (χ4v) is 10.1. The highest BCUT2D eigenvalue weighted by Gasteiger charge is 2.29. The molecule has 0 spiro atoms. The summed E-state index contributed by atoms with van der Waals surface area (Å²) in [6, 6.07) is 74.6. The van der Waals surface area contributed by atoms with Crippen LogP contribution in [0.15, 0.2) is 206 Å². The van der Waals surface area contributed by atoms with Gasteiger partial charge in [0.25, 0.3) is 0 Å². The second kappa shape index (κ2) is 13.6. The number of aromatic nitrogens is 5. The first-order valence-corrected chi connectivity index (χ1v) is 21.2. The van der Waals surface area contributed by atoms with E-state index >= 15 is 0 Å². The Hall–Kier alpha value is -8.79. The van der Waals surface area contributed by atoms with Gasteiger partial charge in [0.1, 0.15) is 6.07 Å². The van der Waals surface area contributed by atoms with E-state index < -0.39 is 0 Å². The first-order valence-electron chi connectivity index (χ1n) is 21.2. The SMILES string of the molecule is N#Cc1cc(-c2nc(-c3ccccc3)nc3ccccc23)ccc1-n1c2ccccc2c2c3c(c4ccccc4n3-c3ccccc3)c3c(c4ccccc4n3-c3ccccc3)c21. The molecule has 4 aromatic heterocycles. The molecule has 9 aromatic carbocycles. The Bertz CT molecular complexity index is 3950. The van der Waals surface area contributed by atoms with E-state index in [0.29, 0.717) is 11.4 Å². The van der Waals surface area contributed by atoms with Crippen molar-refractivity contribution >= 4 is 76.3 Å². The van der Waals surface area contributed by atoms with Gasteiger partial charge in [-0.25, -0.2) is 9.97 Å². The first kappa shape index (κ1) is 35.0. The smallest absolute Gasteiger partial charge is 0.160 e. The van der Waals surface area contributed by atoms with Crippen LogP contribution in [0.25, 0.3) is 116 Å². The van der Waals surface area contributed by atoms with Crippen LogP contribution in [0.1, 0.15) is 5.56 Å². The highest BCUT2D eigenvalue weighted by Crippen LogP contribution is 2.50. The van der Waals surface area contributed by atoms with Crippen LogP contribution in [0.3, 0.4) is 0 Å². The number of fused-ring (bicyclic) bond motifs is 13. The summed E-state index contributed by atoms with van der Waals surface area (Å²) in [5, 5.41) is 19.1. The zero-order valence-corrected chi connectivity index (χ0v) is 33.8. The van der Waals surface area contributed by atoms with Gasteiger partial charge in [0.2, 0.25) is 0 Å². The highest BCUT2D eigenvalue weighted by atomic mass is 15.0. The van der Waals surface area contributed by atoms with Gasteiger partial charge in [-0.15, -0.1) is 0 Å². The van der Waals surface area contributed by atoms with E-state index in [2.05, 4.69) is 171 Å². The molecule has 63 heavy (non-hydrogen) atoms. The zero-order valence-electron chi connectivity index (χ0n) is 33.8. The third kappa shape index (κ3) is 5.05. The Kier molecular flexibility index (Phi) is 7.57. The quantitative estimate of drug-likeness (QED) is 0.174. The summed E-state index contributed by atoms with van der Waals surface area (Å²) in [6.45, 7) is 0. The van der Waals surface area contributed by atoms with Crippen LogP contribution in [0.4, 0.5) is 0 Å². The van der Waals surface area contributed by atoms with E-state index in [1.807, 2.05) is 54.6 Å². The van der Waals surface area contributed by atoms with Gasteiger partial charge in [-0.1, -0.05) is 146 Å². The van der Waals surface area contributed by atoms with Crippen molar-refractivity contribution in [2.45, 2.75) is 0 Å². The summed E-state index contributed by atoms with van der Waals surface area (Å²) in [5.74, 6) is 0.643. The second-order valence-corrected chi connectivity index (χ2v) is 16.0. The van der Waals surface area contributed by atoms with Gasteiger partial charge in [-0.3, -0.25) is 0 Å². The van der Waals surface area contributed by atoms with E-state index in [1.54, 1.807) is 0 Å². The van der Waals surface area contributed by atoms with Crippen molar-refractivity contribution in [2.24, 2.45) is 0 Å². The van der Waals surface area contributed by atoms with Crippen molar-refractivity contribution in [1.82, 2.24) is 23.7 Å². The van der Waals surface area contributed by atoms with Gasteiger partial charge in [0.05, 0.1) is 55.6 Å². The maximum Gasteiger partial charge on any atom is 0.160 e. The molecule has 6 nitrogen and oxygen atoms in total. The third-order valence-corrected chi connectivity index (χ3v) is 12.6. The lowest BCUT2D eigenvalue weighted by Gasteiger charge is -2.15. The molecule has 0 amide bonds. The lowest BCUT2D eigenvalue weighted by atomic mass is 10.0. The molecule has 6 heteroatoms. The predicted molar refractivity (Wildman–Crippen MR) is 258 cm³/mol. The molecule has 0 aliphatic rings. The standard InChI is InChI=1S/C57H34N6/c58-35-38-34-37(53-41-24-10-14-28-45(41)59-57(60-53)36-18-4-1-5-19-36)32-33-46(38)63-49-31-17-13-27-44(49)52-55-50(42-25-11-15-29-47(42)61(55)39-20-6-2-7-21-39)54-51(56(52)63)43-26-12-16-30-48(43)62(54)40-22-8-3-9-23-40/h1-34H. The number of hydrogen-bond donors (Lipinski definition) is 0. The van der Waals surface area contributed by atoms with Crippen molar-refractivity contribution in [1.29, 1.82) is 5.26 Å². The Morgan fingerprint density at radius 1 is 0.381 bits per heavy atom. The zero-order chi connectivity index (χ0) is 41.6. The summed E-state index contributed by atoms with van der Waals surface area (Å²) in [4.78, 5) is 10.1. The minimum absolute atomic E-state index is 0.544. The van der Waals surface area contributed by atoms with Crippen LogP contribution < -0.4 is 0 Å². The molecular formula is C57H34N6. The van der Waals surface area contributed by atoms with Crippen LogP contribution in [-0.2, 0) is 0 Å². The van der Waals surface area contributed by atoms with Crippen LogP contribution >= 0.6 is 0 Å². The number of hydrogen-bond acceptors (Lipinski definition) is 3. The molecule has 0 aliphatic carbocycles. The van der Waals surface area contributed by atoms with E-state index in [-0.39, 0.29) is 0 Å². The fourth-order valence-electron chi connectivity index (χ4n) is 10.1. The predicted octanol–water partition coefficient (Wildman–Crippen LogP) is 14.1. The number of nitrogens with zero attached hydrogens (tertiary/aromatic N) is 6. The summed E-state index contributed by atoms with van der Waals surface area (Å²) in [6.07, 6.45) is 0. The van der Waals surface area contributed by atoms with Gasteiger partial charge < -0.3 is 13.7 Å². The van der Waals surface area contributed by atoms with Crippen molar-refractivity contribution in [2.75, 3.05) is 0 Å². The molecule has 0 fully saturated rings. The molecule has 13 aromatic rings. The molecular weight excluding hydrogens is 769 g/mol. The first-order chi connectivity index (χ1) is 31.3. The van der Waals surface area contributed by atoms with Gasteiger partial charge in [0.15, 0.2) is 5.82 Å². The van der Waals surface area contributed by atoms with Gasteiger partial charge in [-0.2, -0.15) is 5.26 Å². The molecule has 4 heterocycles. The average molecular weight is 803 g/mol. The monoisotopic (exact) mass is 802 g/mol. The Morgan fingerprint density at radius 2 is 0.825 bits per heavy atom. The molecule has 292 valence electrons. The number of nitriles is 1. The molecule has 13 rings (SSSR count). The molecule has 0 aliphatic heterocycles. The highest BCUT2D eigenvalue weighted by molar-refractivity contribution is 6.40. The maximum atomic E-state index is 11.3. The number of benzene rings is 9. The molecule has 0 atom stereocenters. The van der Waals surface area contributed by atoms with Crippen LogP contribution in [-0.4, -0.2) is 23.7 Å². The summed E-state index contributed by atoms with van der Waals surface area (Å²) in [7, 11) is 0.